The van der Waals surface area contributed by atoms with Crippen LogP contribution in [0.5, 0.6) is 0 Å². The zero-order valence-electron chi connectivity index (χ0n) is 16.4. The fraction of sp³-hybridized carbons (Fsp3) is 0.385. The van der Waals surface area contributed by atoms with Crippen molar-refractivity contribution in [3.63, 3.8) is 0 Å². The zero-order chi connectivity index (χ0) is 18.5. The van der Waals surface area contributed by atoms with Crippen molar-refractivity contribution in [3.8, 4) is 23.7 Å². The summed E-state index contributed by atoms with van der Waals surface area (Å²) in [7, 11) is 0. The molecule has 0 bridgehead atoms. The number of rotatable bonds is 0. The molecule has 1 fully saturated rings. The third kappa shape index (κ3) is 4.80. The van der Waals surface area contributed by atoms with Gasteiger partial charge in [-0.25, -0.2) is 0 Å². The molecule has 1 saturated carbocycles. The third-order valence-electron chi connectivity index (χ3n) is 5.33. The van der Waals surface area contributed by atoms with Gasteiger partial charge in [0.25, 0.3) is 0 Å². The quantitative estimate of drug-likeness (QED) is 0.502. The van der Waals surface area contributed by atoms with E-state index in [-0.39, 0.29) is 0 Å². The molecule has 2 aromatic rings. The molecule has 0 heterocycles. The van der Waals surface area contributed by atoms with Gasteiger partial charge < -0.3 is 0 Å². The maximum absolute atomic E-state index is 3.47. The Bertz CT molecular complexity index is 860. The Morgan fingerprint density at radius 2 is 1.27 bits per heavy atom. The second-order valence-electron chi connectivity index (χ2n) is 7.83. The molecule has 3 rings (SSSR count). The average Bonchev–Trinajstić information content (AvgIpc) is 2.61. The maximum Gasteiger partial charge on any atom is 0.0307 e. The van der Waals surface area contributed by atoms with Crippen LogP contribution in [0.2, 0.25) is 0 Å². The number of hydrogen-bond acceptors (Lipinski definition) is 0. The minimum atomic E-state index is 0.582. The number of aryl methyl sites for hydroxylation is 3. The largest absolute Gasteiger partial charge is 0.0945 e. The Morgan fingerprint density at radius 1 is 0.731 bits per heavy atom. The van der Waals surface area contributed by atoms with Gasteiger partial charge in [-0.3, -0.25) is 0 Å². The van der Waals surface area contributed by atoms with Crippen LogP contribution in [0.1, 0.15) is 66.0 Å². The fourth-order valence-electron chi connectivity index (χ4n) is 3.74. The number of benzene rings is 2. The van der Waals surface area contributed by atoms with Crippen LogP contribution in [0.4, 0.5) is 0 Å². The Kier molecular flexibility index (Phi) is 5.85. The van der Waals surface area contributed by atoms with Crippen LogP contribution in [-0.2, 0) is 0 Å². The molecule has 0 nitrogen and oxygen atoms in total. The van der Waals surface area contributed by atoms with Crippen molar-refractivity contribution >= 4 is 0 Å². The highest BCUT2D eigenvalue weighted by Gasteiger charge is 2.15. The third-order valence-corrected chi connectivity index (χ3v) is 5.33. The van der Waals surface area contributed by atoms with Gasteiger partial charge in [0.2, 0.25) is 0 Å². The SMILES string of the molecule is Cc1cc(C)c(C#Cc2ccc(C#CC3CCC(C)CC3)cc2)c(C)c1. The lowest BCUT2D eigenvalue weighted by Gasteiger charge is -2.21. The van der Waals surface area contributed by atoms with E-state index in [0.29, 0.717) is 5.92 Å². The van der Waals surface area contributed by atoms with Crippen molar-refractivity contribution in [2.24, 2.45) is 11.8 Å². The summed E-state index contributed by atoms with van der Waals surface area (Å²) in [6.07, 6.45) is 5.16. The summed E-state index contributed by atoms with van der Waals surface area (Å²) < 4.78 is 0. The highest BCUT2D eigenvalue weighted by molar-refractivity contribution is 5.52. The van der Waals surface area contributed by atoms with Crippen LogP contribution in [0, 0.1) is 56.3 Å². The average molecular weight is 341 g/mol. The Labute approximate surface area is 159 Å². The summed E-state index contributed by atoms with van der Waals surface area (Å²) in [5.41, 5.74) is 7.07. The Balaban J connectivity index is 1.70. The molecule has 0 aromatic heterocycles. The molecule has 0 aliphatic heterocycles. The van der Waals surface area contributed by atoms with Gasteiger partial charge in [-0.2, -0.15) is 0 Å². The van der Waals surface area contributed by atoms with E-state index in [9.17, 15) is 0 Å². The topological polar surface area (TPSA) is 0 Å². The van der Waals surface area contributed by atoms with Gasteiger partial charge in [0, 0.05) is 22.6 Å². The fourth-order valence-corrected chi connectivity index (χ4v) is 3.74. The summed E-state index contributed by atoms with van der Waals surface area (Å²) in [5, 5.41) is 0. The molecule has 0 unspecified atom stereocenters. The van der Waals surface area contributed by atoms with E-state index < -0.39 is 0 Å². The molecule has 0 radical (unpaired) electrons. The molecule has 2 aromatic carbocycles. The molecule has 132 valence electrons. The van der Waals surface area contributed by atoms with Crippen molar-refractivity contribution in [1.29, 1.82) is 0 Å². The minimum absolute atomic E-state index is 0.582. The van der Waals surface area contributed by atoms with E-state index in [4.69, 9.17) is 0 Å². The summed E-state index contributed by atoms with van der Waals surface area (Å²) in [6, 6.07) is 12.7. The Morgan fingerprint density at radius 3 is 1.85 bits per heavy atom. The van der Waals surface area contributed by atoms with Crippen molar-refractivity contribution in [2.75, 3.05) is 0 Å². The van der Waals surface area contributed by atoms with Crippen molar-refractivity contribution in [1.82, 2.24) is 0 Å². The molecule has 0 N–H and O–H groups in total. The molecule has 1 aliphatic rings. The monoisotopic (exact) mass is 340 g/mol. The lowest BCUT2D eigenvalue weighted by molar-refractivity contribution is 0.337. The van der Waals surface area contributed by atoms with Crippen molar-refractivity contribution in [3.05, 3.63) is 69.8 Å². The molecular formula is C26H28. The zero-order valence-corrected chi connectivity index (χ0v) is 16.4. The number of hydrogen-bond donors (Lipinski definition) is 0. The molecule has 0 heteroatoms. The summed E-state index contributed by atoms with van der Waals surface area (Å²) in [5.74, 6) is 14.9. The first kappa shape index (κ1) is 18.4. The van der Waals surface area contributed by atoms with E-state index >= 15 is 0 Å². The van der Waals surface area contributed by atoms with Crippen LogP contribution in [-0.4, -0.2) is 0 Å². The van der Waals surface area contributed by atoms with Gasteiger partial charge in [-0.1, -0.05) is 48.3 Å². The second kappa shape index (κ2) is 8.29. The molecular weight excluding hydrogens is 312 g/mol. The van der Waals surface area contributed by atoms with Gasteiger partial charge in [0.1, 0.15) is 0 Å². The lowest BCUT2D eigenvalue weighted by Crippen LogP contribution is -2.10. The van der Waals surface area contributed by atoms with E-state index in [2.05, 4.69) is 87.8 Å². The minimum Gasteiger partial charge on any atom is -0.0945 e. The first-order valence-electron chi connectivity index (χ1n) is 9.73. The highest BCUT2D eigenvalue weighted by atomic mass is 14.2. The second-order valence-corrected chi connectivity index (χ2v) is 7.83. The van der Waals surface area contributed by atoms with E-state index in [1.54, 1.807) is 0 Å². The lowest BCUT2D eigenvalue weighted by atomic mass is 9.83. The van der Waals surface area contributed by atoms with Crippen molar-refractivity contribution < 1.29 is 0 Å². The Hall–Kier alpha value is -2.44. The normalized spacial score (nSPS) is 19.1. The smallest absolute Gasteiger partial charge is 0.0307 e. The molecule has 1 aliphatic carbocycles. The van der Waals surface area contributed by atoms with Gasteiger partial charge >= 0.3 is 0 Å². The van der Waals surface area contributed by atoms with Gasteiger partial charge in [0.15, 0.2) is 0 Å². The summed E-state index contributed by atoms with van der Waals surface area (Å²) >= 11 is 0. The molecule has 0 atom stereocenters. The molecule has 0 saturated heterocycles. The van der Waals surface area contributed by atoms with Gasteiger partial charge in [0.05, 0.1) is 0 Å². The first-order valence-corrected chi connectivity index (χ1v) is 9.73. The van der Waals surface area contributed by atoms with Crippen LogP contribution in [0.15, 0.2) is 36.4 Å². The summed E-state index contributed by atoms with van der Waals surface area (Å²) in [4.78, 5) is 0. The van der Waals surface area contributed by atoms with Crippen LogP contribution in [0.3, 0.4) is 0 Å². The predicted octanol–water partition coefficient (Wildman–Crippen LogP) is 6.19. The van der Waals surface area contributed by atoms with E-state index in [1.807, 2.05) is 0 Å². The standard InChI is InChI=1S/C26H28/c1-19-5-7-23(8-6-19)9-10-24-11-13-25(14-12-24)15-16-26-21(3)17-20(2)18-22(26)4/h11-14,17-19,23H,5-8H2,1-4H3. The molecule has 0 amide bonds. The first-order chi connectivity index (χ1) is 12.5. The maximum atomic E-state index is 3.47. The predicted molar refractivity (Wildman–Crippen MR) is 111 cm³/mol. The molecule has 26 heavy (non-hydrogen) atoms. The van der Waals surface area contributed by atoms with Gasteiger partial charge in [-0.15, -0.1) is 0 Å². The van der Waals surface area contributed by atoms with Crippen LogP contribution in [0.25, 0.3) is 0 Å². The van der Waals surface area contributed by atoms with Gasteiger partial charge in [-0.05, 0) is 87.8 Å². The highest BCUT2D eigenvalue weighted by Crippen LogP contribution is 2.27. The van der Waals surface area contributed by atoms with E-state index in [1.165, 1.54) is 42.4 Å². The van der Waals surface area contributed by atoms with Crippen LogP contribution < -0.4 is 0 Å². The van der Waals surface area contributed by atoms with Crippen molar-refractivity contribution in [2.45, 2.75) is 53.4 Å². The van der Waals surface area contributed by atoms with Crippen LogP contribution >= 0.6 is 0 Å². The summed E-state index contributed by atoms with van der Waals surface area (Å²) in [6.45, 7) is 8.75. The molecule has 0 spiro atoms. The van der Waals surface area contributed by atoms with E-state index in [0.717, 1.165) is 22.6 Å².